The Bertz CT molecular complexity index is 726. The lowest BCUT2D eigenvalue weighted by atomic mass is 9.90. The molecule has 0 aromatic heterocycles. The van der Waals surface area contributed by atoms with Crippen molar-refractivity contribution in [2.75, 3.05) is 25.4 Å². The van der Waals surface area contributed by atoms with E-state index >= 15 is 0 Å². The van der Waals surface area contributed by atoms with Crippen LogP contribution in [0.1, 0.15) is 44.6 Å². The molecule has 0 bridgehead atoms. The number of amides is 1. The average molecular weight is 351 g/mol. The van der Waals surface area contributed by atoms with Gasteiger partial charge in [0.25, 0.3) is 0 Å². The minimum absolute atomic E-state index is 0.0459. The van der Waals surface area contributed by atoms with Crippen LogP contribution in [0.15, 0.2) is 24.3 Å². The Morgan fingerprint density at radius 3 is 2.83 bits per heavy atom. The predicted molar refractivity (Wildman–Crippen MR) is 93.0 cm³/mol. The van der Waals surface area contributed by atoms with Crippen molar-refractivity contribution in [2.45, 2.75) is 43.8 Å². The molecule has 0 aliphatic carbocycles. The fourth-order valence-electron chi connectivity index (χ4n) is 3.40. The summed E-state index contributed by atoms with van der Waals surface area (Å²) in [5.74, 6) is 1.11. The number of para-hydroxylation sites is 1. The van der Waals surface area contributed by atoms with Crippen LogP contribution in [-0.2, 0) is 14.6 Å². The van der Waals surface area contributed by atoms with E-state index in [2.05, 4.69) is 0 Å². The van der Waals surface area contributed by atoms with E-state index < -0.39 is 14.6 Å². The molecule has 2 heterocycles. The quantitative estimate of drug-likeness (QED) is 0.821. The van der Waals surface area contributed by atoms with Gasteiger partial charge in [-0.2, -0.15) is 0 Å². The highest BCUT2D eigenvalue weighted by molar-refractivity contribution is 7.92. The van der Waals surface area contributed by atoms with Crippen molar-refractivity contribution in [3.63, 3.8) is 0 Å². The van der Waals surface area contributed by atoms with Crippen molar-refractivity contribution in [3.8, 4) is 5.75 Å². The summed E-state index contributed by atoms with van der Waals surface area (Å²) in [5, 5.41) is 0. The van der Waals surface area contributed by atoms with E-state index in [9.17, 15) is 13.2 Å². The molecule has 0 unspecified atom stereocenters. The van der Waals surface area contributed by atoms with Crippen molar-refractivity contribution in [1.29, 1.82) is 0 Å². The largest absolute Gasteiger partial charge is 0.493 e. The molecule has 1 fully saturated rings. The average Bonchev–Trinajstić information content (AvgIpc) is 2.64. The van der Waals surface area contributed by atoms with Gasteiger partial charge < -0.3 is 9.64 Å². The number of hydrogen-bond acceptors (Lipinski definition) is 4. The third-order valence-corrected chi connectivity index (χ3v) is 7.92. The Morgan fingerprint density at radius 1 is 1.29 bits per heavy atom. The van der Waals surface area contributed by atoms with Gasteiger partial charge in [0.15, 0.2) is 9.84 Å². The summed E-state index contributed by atoms with van der Waals surface area (Å²) in [6, 6.07) is 7.85. The molecule has 2 aliphatic rings. The van der Waals surface area contributed by atoms with Gasteiger partial charge in [0, 0.05) is 19.5 Å². The summed E-state index contributed by atoms with van der Waals surface area (Å²) in [4.78, 5) is 14.5. The maximum atomic E-state index is 12.7. The minimum Gasteiger partial charge on any atom is -0.493 e. The molecule has 2 aliphatic heterocycles. The van der Waals surface area contributed by atoms with Crippen LogP contribution in [0, 0.1) is 0 Å². The SMILES string of the molecule is CC1(C)CCN(C(=O)C[C@H]2CCOc3ccccc32)CCS1(=O)=O. The molecule has 6 heteroatoms. The van der Waals surface area contributed by atoms with Gasteiger partial charge in [-0.25, -0.2) is 8.42 Å². The number of rotatable bonds is 2. The van der Waals surface area contributed by atoms with Gasteiger partial charge in [-0.15, -0.1) is 0 Å². The lowest BCUT2D eigenvalue weighted by Gasteiger charge is -2.28. The van der Waals surface area contributed by atoms with E-state index in [1.54, 1.807) is 18.7 Å². The number of fused-ring (bicyclic) bond motifs is 1. The highest BCUT2D eigenvalue weighted by atomic mass is 32.2. The predicted octanol–water partition coefficient (Wildman–Crippen LogP) is 2.37. The topological polar surface area (TPSA) is 63.7 Å². The van der Waals surface area contributed by atoms with E-state index in [4.69, 9.17) is 4.74 Å². The Labute approximate surface area is 143 Å². The maximum Gasteiger partial charge on any atom is 0.223 e. The third-order valence-electron chi connectivity index (χ3n) is 5.31. The van der Waals surface area contributed by atoms with E-state index in [1.165, 1.54) is 0 Å². The number of carbonyl (C=O) groups is 1. The summed E-state index contributed by atoms with van der Waals surface area (Å²) >= 11 is 0. The second kappa shape index (κ2) is 6.39. The number of benzene rings is 1. The van der Waals surface area contributed by atoms with Crippen LogP contribution in [0.25, 0.3) is 0 Å². The van der Waals surface area contributed by atoms with Crippen LogP contribution in [0.5, 0.6) is 5.75 Å². The Hall–Kier alpha value is -1.56. The van der Waals surface area contributed by atoms with Crippen LogP contribution in [-0.4, -0.2) is 49.4 Å². The van der Waals surface area contributed by atoms with Crippen molar-refractivity contribution >= 4 is 15.7 Å². The number of sulfone groups is 1. The molecule has 5 nitrogen and oxygen atoms in total. The highest BCUT2D eigenvalue weighted by Crippen LogP contribution is 2.36. The zero-order chi connectivity index (χ0) is 17.4. The van der Waals surface area contributed by atoms with Crippen LogP contribution >= 0.6 is 0 Å². The van der Waals surface area contributed by atoms with Crippen molar-refractivity contribution in [3.05, 3.63) is 29.8 Å². The Kier molecular flexibility index (Phi) is 4.60. The zero-order valence-electron chi connectivity index (χ0n) is 14.3. The van der Waals surface area contributed by atoms with E-state index in [0.717, 1.165) is 17.7 Å². The molecule has 0 saturated carbocycles. The van der Waals surface area contributed by atoms with Crippen molar-refractivity contribution in [2.24, 2.45) is 0 Å². The first-order valence-corrected chi connectivity index (χ1v) is 10.2. The monoisotopic (exact) mass is 351 g/mol. The summed E-state index contributed by atoms with van der Waals surface area (Å²) in [7, 11) is -3.16. The van der Waals surface area contributed by atoms with E-state index in [-0.39, 0.29) is 17.6 Å². The van der Waals surface area contributed by atoms with Gasteiger partial charge in [-0.1, -0.05) is 18.2 Å². The molecule has 0 radical (unpaired) electrons. The molecule has 0 spiro atoms. The zero-order valence-corrected chi connectivity index (χ0v) is 15.1. The van der Waals surface area contributed by atoms with Crippen molar-refractivity contribution < 1.29 is 17.9 Å². The van der Waals surface area contributed by atoms with E-state index in [1.807, 2.05) is 24.3 Å². The fraction of sp³-hybridized carbons (Fsp3) is 0.611. The van der Waals surface area contributed by atoms with E-state index in [0.29, 0.717) is 32.5 Å². The molecule has 24 heavy (non-hydrogen) atoms. The van der Waals surface area contributed by atoms with Crippen molar-refractivity contribution in [1.82, 2.24) is 4.90 Å². The van der Waals surface area contributed by atoms with Crippen LogP contribution in [0.3, 0.4) is 0 Å². The van der Waals surface area contributed by atoms with Gasteiger partial charge >= 0.3 is 0 Å². The fourth-order valence-corrected chi connectivity index (χ4v) is 4.81. The summed E-state index contributed by atoms with van der Waals surface area (Å²) in [5.41, 5.74) is 1.08. The molecular weight excluding hydrogens is 326 g/mol. The number of ether oxygens (including phenoxy) is 1. The number of hydrogen-bond donors (Lipinski definition) is 0. The lowest BCUT2D eigenvalue weighted by molar-refractivity contribution is -0.131. The molecule has 1 aromatic rings. The molecule has 132 valence electrons. The van der Waals surface area contributed by atoms with Crippen LogP contribution < -0.4 is 4.74 Å². The molecule has 0 N–H and O–H groups in total. The smallest absolute Gasteiger partial charge is 0.223 e. The second-order valence-electron chi connectivity index (χ2n) is 7.29. The summed E-state index contributed by atoms with van der Waals surface area (Å²) < 4.78 is 29.5. The molecule has 1 atom stereocenters. The maximum absolute atomic E-state index is 12.7. The van der Waals surface area contributed by atoms with Crippen LogP contribution in [0.4, 0.5) is 0 Å². The van der Waals surface area contributed by atoms with Gasteiger partial charge in [-0.05, 0) is 44.2 Å². The lowest BCUT2D eigenvalue weighted by Crippen LogP contribution is -2.35. The molecule has 1 saturated heterocycles. The number of carbonyl (C=O) groups excluding carboxylic acids is 1. The first-order valence-electron chi connectivity index (χ1n) is 8.52. The molecular formula is C18H25NO4S. The Balaban J connectivity index is 1.70. The second-order valence-corrected chi connectivity index (χ2v) is 10.0. The molecule has 3 rings (SSSR count). The highest BCUT2D eigenvalue weighted by Gasteiger charge is 2.38. The standard InChI is InChI=1S/C18H25NO4S/c1-18(2)8-9-19(10-12-24(18,21)22)17(20)13-14-7-11-23-16-6-4-3-5-15(14)16/h3-6,14H,7-13H2,1-2H3/t14-/m1/s1. The summed E-state index contributed by atoms with van der Waals surface area (Å²) in [6.07, 6.45) is 1.73. The number of nitrogens with zero attached hydrogens (tertiary/aromatic N) is 1. The Morgan fingerprint density at radius 2 is 2.04 bits per heavy atom. The van der Waals surface area contributed by atoms with Gasteiger partial charge in [0.1, 0.15) is 5.75 Å². The van der Waals surface area contributed by atoms with Gasteiger partial charge in [0.05, 0.1) is 17.1 Å². The first-order chi connectivity index (χ1) is 11.3. The molecule has 1 aromatic carbocycles. The molecule has 1 amide bonds. The first kappa shape index (κ1) is 17.3. The minimum atomic E-state index is -3.16. The van der Waals surface area contributed by atoms with Gasteiger partial charge in [-0.3, -0.25) is 4.79 Å². The summed E-state index contributed by atoms with van der Waals surface area (Å²) in [6.45, 7) is 4.94. The third kappa shape index (κ3) is 3.29. The van der Waals surface area contributed by atoms with Crippen LogP contribution in [0.2, 0.25) is 0 Å². The van der Waals surface area contributed by atoms with Gasteiger partial charge in [0.2, 0.25) is 5.91 Å². The normalized spacial score (nSPS) is 25.2.